The van der Waals surface area contributed by atoms with Crippen molar-refractivity contribution in [2.24, 2.45) is 0 Å². The molecule has 8 nitrogen and oxygen atoms in total. The van der Waals surface area contributed by atoms with Gasteiger partial charge >= 0.3 is 0 Å². The Balaban J connectivity index is 1.63. The molecule has 1 aliphatic carbocycles. The predicted molar refractivity (Wildman–Crippen MR) is 131 cm³/mol. The van der Waals surface area contributed by atoms with Gasteiger partial charge in [0.05, 0.1) is 17.3 Å². The maximum absolute atomic E-state index is 13.3. The Morgan fingerprint density at radius 2 is 1.91 bits per heavy atom. The van der Waals surface area contributed by atoms with Gasteiger partial charge in [-0.15, -0.1) is 0 Å². The summed E-state index contributed by atoms with van der Waals surface area (Å²) >= 11 is 0. The maximum Gasteiger partial charge on any atom is 0.281 e. The fourth-order valence-corrected chi connectivity index (χ4v) is 6.03. The van der Waals surface area contributed by atoms with E-state index < -0.39 is 10.0 Å². The number of hydrogen-bond acceptors (Lipinski definition) is 5. The third-order valence-corrected chi connectivity index (χ3v) is 8.41. The highest BCUT2D eigenvalue weighted by molar-refractivity contribution is 7.92. The molecule has 4 aromatic rings. The highest BCUT2D eigenvalue weighted by atomic mass is 32.2. The number of aromatic nitrogens is 4. The predicted octanol–water partition coefficient (Wildman–Crippen LogP) is 4.47. The zero-order valence-electron chi connectivity index (χ0n) is 19.0. The lowest BCUT2D eigenvalue weighted by Gasteiger charge is -2.27. The molecule has 1 aromatic carbocycles. The Morgan fingerprint density at radius 3 is 2.64 bits per heavy atom. The van der Waals surface area contributed by atoms with Crippen molar-refractivity contribution in [3.05, 3.63) is 54.5 Å². The first-order valence-electron chi connectivity index (χ1n) is 11.2. The minimum atomic E-state index is -3.81. The summed E-state index contributed by atoms with van der Waals surface area (Å²) in [7, 11) is -0.0794. The SMILES string of the molecule is Cc1cnc2[nH]cc(-c3cccc(N(C)C4CCCC4)c3)c2c1N(C)S(=O)(=O)c1ccn[nH]1. The molecule has 33 heavy (non-hydrogen) atoms. The number of H-pyrrole nitrogens is 2. The topological polar surface area (TPSA) is 98.0 Å². The average Bonchev–Trinajstić information content (AvgIpc) is 3.60. The van der Waals surface area contributed by atoms with Crippen molar-refractivity contribution in [2.75, 3.05) is 23.3 Å². The Kier molecular flexibility index (Phi) is 5.36. The molecular formula is C24H28N6O2S. The molecular weight excluding hydrogens is 436 g/mol. The van der Waals surface area contributed by atoms with Crippen LogP contribution >= 0.6 is 0 Å². The van der Waals surface area contributed by atoms with Gasteiger partial charge in [0.2, 0.25) is 0 Å². The Labute approximate surface area is 193 Å². The molecule has 1 saturated carbocycles. The van der Waals surface area contributed by atoms with Gasteiger partial charge in [0, 0.05) is 43.8 Å². The van der Waals surface area contributed by atoms with E-state index in [1.54, 1.807) is 13.2 Å². The third kappa shape index (κ3) is 3.66. The molecule has 9 heteroatoms. The number of aryl methyl sites for hydroxylation is 1. The monoisotopic (exact) mass is 464 g/mol. The third-order valence-electron chi connectivity index (χ3n) is 6.72. The molecule has 0 spiro atoms. The number of nitrogens with one attached hydrogen (secondary N) is 2. The van der Waals surface area contributed by atoms with Crippen LogP contribution in [0.25, 0.3) is 22.2 Å². The molecule has 5 rings (SSSR count). The van der Waals surface area contributed by atoms with E-state index in [9.17, 15) is 8.42 Å². The highest BCUT2D eigenvalue weighted by Gasteiger charge is 2.27. The summed E-state index contributed by atoms with van der Waals surface area (Å²) in [5, 5.41) is 7.21. The van der Waals surface area contributed by atoms with Crippen LogP contribution in [0.3, 0.4) is 0 Å². The van der Waals surface area contributed by atoms with E-state index >= 15 is 0 Å². The quantitative estimate of drug-likeness (QED) is 0.439. The van der Waals surface area contributed by atoms with Gasteiger partial charge in [0.25, 0.3) is 10.0 Å². The number of hydrogen-bond donors (Lipinski definition) is 2. The lowest BCUT2D eigenvalue weighted by atomic mass is 10.0. The van der Waals surface area contributed by atoms with E-state index in [4.69, 9.17) is 0 Å². The van der Waals surface area contributed by atoms with Gasteiger partial charge in [-0.1, -0.05) is 25.0 Å². The van der Waals surface area contributed by atoms with Crippen LogP contribution in [0.15, 0.2) is 53.9 Å². The fraction of sp³-hybridized carbons (Fsp3) is 0.333. The van der Waals surface area contributed by atoms with E-state index in [0.29, 0.717) is 17.4 Å². The lowest BCUT2D eigenvalue weighted by Crippen LogP contribution is -2.28. The van der Waals surface area contributed by atoms with Crippen LogP contribution in [0.2, 0.25) is 0 Å². The van der Waals surface area contributed by atoms with Gasteiger partial charge in [0.1, 0.15) is 5.65 Å². The normalized spacial score (nSPS) is 14.8. The summed E-state index contributed by atoms with van der Waals surface area (Å²) < 4.78 is 27.8. The van der Waals surface area contributed by atoms with Gasteiger partial charge in [-0.2, -0.15) is 13.5 Å². The molecule has 0 radical (unpaired) electrons. The second-order valence-corrected chi connectivity index (χ2v) is 10.6. The van der Waals surface area contributed by atoms with Crippen molar-refractivity contribution in [3.8, 4) is 11.1 Å². The second-order valence-electron chi connectivity index (χ2n) is 8.71. The van der Waals surface area contributed by atoms with Gasteiger partial charge in [-0.05, 0) is 49.1 Å². The molecule has 0 atom stereocenters. The molecule has 3 heterocycles. The van der Waals surface area contributed by atoms with Crippen molar-refractivity contribution < 1.29 is 8.42 Å². The molecule has 2 N–H and O–H groups in total. The number of pyridine rings is 1. The molecule has 3 aromatic heterocycles. The van der Waals surface area contributed by atoms with Gasteiger partial charge in [0.15, 0.2) is 5.03 Å². The summed E-state index contributed by atoms with van der Waals surface area (Å²) in [6, 6.07) is 10.5. The van der Waals surface area contributed by atoms with Gasteiger partial charge < -0.3 is 9.88 Å². The number of fused-ring (bicyclic) bond motifs is 1. The number of benzene rings is 1. The van der Waals surface area contributed by atoms with E-state index in [-0.39, 0.29) is 5.03 Å². The van der Waals surface area contributed by atoms with Crippen molar-refractivity contribution in [3.63, 3.8) is 0 Å². The highest BCUT2D eigenvalue weighted by Crippen LogP contribution is 2.39. The minimum absolute atomic E-state index is 0.0478. The Hall–Kier alpha value is -3.33. The van der Waals surface area contributed by atoms with Crippen LogP contribution in [0.5, 0.6) is 0 Å². The van der Waals surface area contributed by atoms with E-state index in [0.717, 1.165) is 27.8 Å². The first-order chi connectivity index (χ1) is 15.9. The zero-order chi connectivity index (χ0) is 23.2. The molecule has 0 bridgehead atoms. The minimum Gasteiger partial charge on any atom is -0.372 e. The molecule has 1 aliphatic rings. The van der Waals surface area contributed by atoms with E-state index in [1.165, 1.54) is 42.3 Å². The standard InChI is InChI=1S/C24H28N6O2S/c1-16-14-25-24-22(23(16)30(3)33(31,32)21-11-12-27-28-21)20(15-26-24)17-7-6-10-19(13-17)29(2)18-8-4-5-9-18/h6-7,10-15,18H,4-5,8-9H2,1-3H3,(H,25,26)(H,27,28). The summed E-state index contributed by atoms with van der Waals surface area (Å²) in [5.74, 6) is 0. The average molecular weight is 465 g/mol. The maximum atomic E-state index is 13.3. The first kappa shape index (κ1) is 21.5. The lowest BCUT2D eigenvalue weighted by molar-refractivity contribution is 0.590. The van der Waals surface area contributed by atoms with Crippen LogP contribution < -0.4 is 9.21 Å². The van der Waals surface area contributed by atoms with Crippen LogP contribution in [0.4, 0.5) is 11.4 Å². The molecule has 0 saturated heterocycles. The summed E-state index contributed by atoms with van der Waals surface area (Å²) in [4.78, 5) is 10.1. The Morgan fingerprint density at radius 1 is 1.12 bits per heavy atom. The van der Waals surface area contributed by atoms with Crippen molar-refractivity contribution in [2.45, 2.75) is 43.7 Å². The molecule has 0 aliphatic heterocycles. The van der Waals surface area contributed by atoms with Gasteiger partial charge in [-0.25, -0.2) is 4.98 Å². The fourth-order valence-electron chi connectivity index (χ4n) is 4.86. The number of sulfonamides is 1. The van der Waals surface area contributed by atoms with Crippen molar-refractivity contribution in [1.29, 1.82) is 0 Å². The number of rotatable bonds is 6. The summed E-state index contributed by atoms with van der Waals surface area (Å²) in [5.41, 5.74) is 5.11. The summed E-state index contributed by atoms with van der Waals surface area (Å²) in [6.45, 7) is 1.88. The number of anilines is 2. The summed E-state index contributed by atoms with van der Waals surface area (Å²) in [6.07, 6.45) is 10.0. The number of aromatic amines is 2. The van der Waals surface area contributed by atoms with E-state index in [2.05, 4.69) is 56.4 Å². The molecule has 0 amide bonds. The van der Waals surface area contributed by atoms with Crippen LogP contribution in [0, 0.1) is 6.92 Å². The van der Waals surface area contributed by atoms with E-state index in [1.807, 2.05) is 13.1 Å². The number of nitrogens with zero attached hydrogens (tertiary/aromatic N) is 4. The molecule has 1 fully saturated rings. The molecule has 172 valence electrons. The van der Waals surface area contributed by atoms with Crippen molar-refractivity contribution in [1.82, 2.24) is 20.2 Å². The Bertz CT molecular complexity index is 1390. The first-order valence-corrected chi connectivity index (χ1v) is 12.6. The zero-order valence-corrected chi connectivity index (χ0v) is 19.9. The van der Waals surface area contributed by atoms with Crippen LogP contribution in [-0.2, 0) is 10.0 Å². The van der Waals surface area contributed by atoms with Crippen LogP contribution in [-0.4, -0.2) is 48.7 Å². The van der Waals surface area contributed by atoms with Crippen LogP contribution in [0.1, 0.15) is 31.2 Å². The largest absolute Gasteiger partial charge is 0.372 e. The van der Waals surface area contributed by atoms with Crippen molar-refractivity contribution >= 4 is 32.4 Å². The smallest absolute Gasteiger partial charge is 0.281 e. The molecule has 0 unspecified atom stereocenters. The van der Waals surface area contributed by atoms with Gasteiger partial charge in [-0.3, -0.25) is 9.40 Å². The second kappa shape index (κ2) is 8.22.